The van der Waals surface area contributed by atoms with Crippen LogP contribution in [0.25, 0.3) is 0 Å². The maximum Gasteiger partial charge on any atom is 0.321 e. The molecule has 0 aromatic carbocycles. The number of nitro groups is 1. The Morgan fingerprint density at radius 3 is 3.00 bits per heavy atom. The number of carbonyl (C=O) groups is 1. The molecule has 0 radical (unpaired) electrons. The molecule has 18 heavy (non-hydrogen) atoms. The SMILES string of the molecule is O=C(NCC[C@@H]1CCCN1)c1ccc([N+](=O)[O-])[nH]1. The standard InChI is InChI=1S/C11H16N4O3/c16-11(9-3-4-10(14-9)15(17)18)13-7-5-8-2-1-6-12-8/h3-4,8,12,14H,1-2,5-7H2,(H,13,16)/t8-/m0/s1. The largest absolute Gasteiger partial charge is 0.358 e. The van der Waals surface area contributed by atoms with Crippen LogP contribution in [0.5, 0.6) is 0 Å². The van der Waals surface area contributed by atoms with E-state index in [1.807, 2.05) is 0 Å². The lowest BCUT2D eigenvalue weighted by molar-refractivity contribution is -0.389. The number of aromatic amines is 1. The van der Waals surface area contributed by atoms with Crippen LogP contribution in [0.15, 0.2) is 12.1 Å². The summed E-state index contributed by atoms with van der Waals surface area (Å²) in [5.74, 6) is -0.473. The summed E-state index contributed by atoms with van der Waals surface area (Å²) in [7, 11) is 0. The zero-order chi connectivity index (χ0) is 13.0. The van der Waals surface area contributed by atoms with Crippen LogP contribution >= 0.6 is 0 Å². The second-order valence-electron chi connectivity index (χ2n) is 4.35. The Kier molecular flexibility index (Phi) is 3.93. The van der Waals surface area contributed by atoms with Gasteiger partial charge >= 0.3 is 5.82 Å². The van der Waals surface area contributed by atoms with Crippen molar-refractivity contribution >= 4 is 11.7 Å². The molecule has 7 nitrogen and oxygen atoms in total. The van der Waals surface area contributed by atoms with E-state index in [1.54, 1.807) is 0 Å². The highest BCUT2D eigenvalue weighted by molar-refractivity contribution is 5.92. The first-order valence-corrected chi connectivity index (χ1v) is 6.02. The van der Waals surface area contributed by atoms with Crippen molar-refractivity contribution in [2.45, 2.75) is 25.3 Å². The summed E-state index contributed by atoms with van der Waals surface area (Å²) in [6, 6.07) is 3.18. The number of nitrogens with zero attached hydrogens (tertiary/aromatic N) is 1. The average Bonchev–Trinajstić information content (AvgIpc) is 2.99. The molecule has 1 aromatic heterocycles. The van der Waals surface area contributed by atoms with Crippen molar-refractivity contribution in [2.24, 2.45) is 0 Å². The Bertz CT molecular complexity index is 437. The fraction of sp³-hybridized carbons (Fsp3) is 0.545. The molecular weight excluding hydrogens is 236 g/mol. The van der Waals surface area contributed by atoms with Gasteiger partial charge in [0.05, 0.1) is 0 Å². The number of H-pyrrole nitrogens is 1. The second kappa shape index (κ2) is 5.63. The predicted molar refractivity (Wildman–Crippen MR) is 65.4 cm³/mol. The highest BCUT2D eigenvalue weighted by atomic mass is 16.6. The third kappa shape index (κ3) is 3.07. The Hall–Kier alpha value is -1.89. The van der Waals surface area contributed by atoms with E-state index in [0.29, 0.717) is 12.6 Å². The highest BCUT2D eigenvalue weighted by Gasteiger charge is 2.17. The van der Waals surface area contributed by atoms with Gasteiger partial charge in [-0.1, -0.05) is 0 Å². The maximum absolute atomic E-state index is 11.7. The monoisotopic (exact) mass is 252 g/mol. The lowest BCUT2D eigenvalue weighted by Gasteiger charge is -2.09. The van der Waals surface area contributed by atoms with Crippen molar-refractivity contribution in [1.82, 2.24) is 15.6 Å². The van der Waals surface area contributed by atoms with Crippen LogP contribution in [0, 0.1) is 10.1 Å². The summed E-state index contributed by atoms with van der Waals surface area (Å²) >= 11 is 0. The number of rotatable bonds is 5. The molecule has 3 N–H and O–H groups in total. The summed E-state index contributed by atoms with van der Waals surface area (Å²) in [6.45, 7) is 1.62. The molecular formula is C11H16N4O3. The summed E-state index contributed by atoms with van der Waals surface area (Å²) in [5, 5.41) is 16.5. The van der Waals surface area contributed by atoms with Gasteiger partial charge in [0.2, 0.25) is 0 Å². The molecule has 1 fully saturated rings. The molecule has 1 aromatic rings. The van der Waals surface area contributed by atoms with Crippen LogP contribution in [-0.4, -0.2) is 34.9 Å². The minimum Gasteiger partial charge on any atom is -0.358 e. The number of hydrogen-bond donors (Lipinski definition) is 3. The summed E-state index contributed by atoms with van der Waals surface area (Å²) in [4.78, 5) is 24.0. The number of hydrogen-bond acceptors (Lipinski definition) is 4. The van der Waals surface area contributed by atoms with Gasteiger partial charge in [-0.3, -0.25) is 4.79 Å². The molecule has 1 saturated heterocycles. The van der Waals surface area contributed by atoms with Crippen molar-refractivity contribution < 1.29 is 9.72 Å². The van der Waals surface area contributed by atoms with E-state index in [-0.39, 0.29) is 17.4 Å². The van der Waals surface area contributed by atoms with Crippen molar-refractivity contribution in [2.75, 3.05) is 13.1 Å². The smallest absolute Gasteiger partial charge is 0.321 e. The first-order chi connectivity index (χ1) is 8.66. The van der Waals surface area contributed by atoms with Gasteiger partial charge in [-0.05, 0) is 36.8 Å². The number of nitrogens with one attached hydrogen (secondary N) is 3. The number of aromatic nitrogens is 1. The fourth-order valence-corrected chi connectivity index (χ4v) is 2.08. The van der Waals surface area contributed by atoms with Gasteiger partial charge in [-0.25, -0.2) is 4.98 Å². The lowest BCUT2D eigenvalue weighted by atomic mass is 10.1. The van der Waals surface area contributed by atoms with Crippen LogP contribution in [0.3, 0.4) is 0 Å². The summed E-state index contributed by atoms with van der Waals surface area (Å²) < 4.78 is 0. The molecule has 1 amide bonds. The van der Waals surface area contributed by atoms with Crippen molar-refractivity contribution in [3.05, 3.63) is 27.9 Å². The van der Waals surface area contributed by atoms with Crippen LogP contribution < -0.4 is 10.6 Å². The predicted octanol–water partition coefficient (Wildman–Crippen LogP) is 0.795. The van der Waals surface area contributed by atoms with Gasteiger partial charge in [0.15, 0.2) is 5.69 Å². The summed E-state index contributed by atoms with van der Waals surface area (Å²) in [5.41, 5.74) is 0.223. The first kappa shape index (κ1) is 12.6. The second-order valence-corrected chi connectivity index (χ2v) is 4.35. The Morgan fingerprint density at radius 2 is 2.39 bits per heavy atom. The van der Waals surface area contributed by atoms with Gasteiger partial charge in [-0.15, -0.1) is 0 Å². The molecule has 2 rings (SSSR count). The molecule has 0 spiro atoms. The van der Waals surface area contributed by atoms with Crippen LogP contribution in [0.1, 0.15) is 29.8 Å². The quantitative estimate of drug-likeness (QED) is 0.533. The van der Waals surface area contributed by atoms with Crippen LogP contribution in [0.4, 0.5) is 5.82 Å². The van der Waals surface area contributed by atoms with Crippen LogP contribution in [-0.2, 0) is 0 Å². The van der Waals surface area contributed by atoms with Crippen molar-refractivity contribution in [1.29, 1.82) is 0 Å². The van der Waals surface area contributed by atoms with Gasteiger partial charge in [0.1, 0.15) is 0 Å². The lowest BCUT2D eigenvalue weighted by Crippen LogP contribution is -2.30. The molecule has 1 aliphatic rings. The molecule has 0 aliphatic carbocycles. The highest BCUT2D eigenvalue weighted by Crippen LogP contribution is 2.10. The molecule has 2 heterocycles. The number of carbonyl (C=O) groups excluding carboxylic acids is 1. The number of amides is 1. The molecule has 98 valence electrons. The van der Waals surface area contributed by atoms with E-state index in [4.69, 9.17) is 0 Å². The van der Waals surface area contributed by atoms with Crippen molar-refractivity contribution in [3.63, 3.8) is 0 Å². The molecule has 1 atom stereocenters. The summed E-state index contributed by atoms with van der Waals surface area (Å²) in [6.07, 6.45) is 3.21. The molecule has 0 saturated carbocycles. The van der Waals surface area contributed by atoms with Crippen molar-refractivity contribution in [3.8, 4) is 0 Å². The molecule has 0 bridgehead atoms. The van der Waals surface area contributed by atoms with Gasteiger partial charge in [0, 0.05) is 18.7 Å². The Morgan fingerprint density at radius 1 is 1.56 bits per heavy atom. The topological polar surface area (TPSA) is 100 Å². The van der Waals surface area contributed by atoms with E-state index in [9.17, 15) is 14.9 Å². The minimum absolute atomic E-state index is 0.169. The molecule has 0 unspecified atom stereocenters. The first-order valence-electron chi connectivity index (χ1n) is 6.02. The van der Waals surface area contributed by atoms with E-state index in [0.717, 1.165) is 19.4 Å². The Labute approximate surface area is 104 Å². The van der Waals surface area contributed by atoms with E-state index in [1.165, 1.54) is 18.6 Å². The zero-order valence-electron chi connectivity index (χ0n) is 9.94. The van der Waals surface area contributed by atoms with Gasteiger partial charge in [-0.2, -0.15) is 0 Å². The zero-order valence-corrected chi connectivity index (χ0v) is 9.94. The van der Waals surface area contributed by atoms with E-state index in [2.05, 4.69) is 15.6 Å². The normalized spacial score (nSPS) is 18.8. The third-order valence-corrected chi connectivity index (χ3v) is 3.05. The average molecular weight is 252 g/mol. The third-order valence-electron chi connectivity index (χ3n) is 3.05. The Balaban J connectivity index is 1.77. The van der Waals surface area contributed by atoms with Gasteiger partial charge < -0.3 is 20.7 Å². The minimum atomic E-state index is -0.556. The van der Waals surface area contributed by atoms with Gasteiger partial charge in [0.25, 0.3) is 5.91 Å². The molecule has 1 aliphatic heterocycles. The van der Waals surface area contributed by atoms with E-state index < -0.39 is 4.92 Å². The van der Waals surface area contributed by atoms with Crippen LogP contribution in [0.2, 0.25) is 0 Å². The molecule has 7 heteroatoms. The fourth-order valence-electron chi connectivity index (χ4n) is 2.08. The van der Waals surface area contributed by atoms with E-state index >= 15 is 0 Å². The maximum atomic E-state index is 11.7.